The number of H-pyrrole nitrogens is 1. The van der Waals surface area contributed by atoms with Crippen molar-refractivity contribution in [2.45, 2.75) is 44.8 Å². The highest BCUT2D eigenvalue weighted by atomic mass is 35.5. The number of hydrogen-bond acceptors (Lipinski definition) is 2. The van der Waals surface area contributed by atoms with E-state index in [0.29, 0.717) is 17.9 Å². The predicted molar refractivity (Wildman–Crippen MR) is 88.0 cm³/mol. The number of aliphatic hydroxyl groups excluding tert-OH is 1. The van der Waals surface area contributed by atoms with Crippen LogP contribution in [0, 0.1) is 0 Å². The number of benzene rings is 1. The van der Waals surface area contributed by atoms with Gasteiger partial charge in [0, 0.05) is 34.7 Å². The van der Waals surface area contributed by atoms with E-state index in [1.165, 1.54) is 0 Å². The maximum Gasteiger partial charge on any atom is 0.227 e. The Bertz CT molecular complexity index is 680. The highest BCUT2D eigenvalue weighted by Crippen LogP contribution is 2.25. The van der Waals surface area contributed by atoms with Crippen molar-refractivity contribution in [1.82, 2.24) is 9.88 Å². The van der Waals surface area contributed by atoms with Gasteiger partial charge in [-0.3, -0.25) is 4.79 Å². The first-order chi connectivity index (χ1) is 10.5. The molecule has 22 heavy (non-hydrogen) atoms. The van der Waals surface area contributed by atoms with E-state index >= 15 is 0 Å². The molecule has 0 aliphatic carbocycles. The van der Waals surface area contributed by atoms with E-state index in [1.807, 2.05) is 29.3 Å². The summed E-state index contributed by atoms with van der Waals surface area (Å²) in [6.07, 6.45) is 4.58. The summed E-state index contributed by atoms with van der Waals surface area (Å²) in [7, 11) is 0. The summed E-state index contributed by atoms with van der Waals surface area (Å²) in [5, 5.41) is 11.3. The SMILES string of the molecule is CC(O)CC1CCCN1C(=O)Cc1c[nH]c2cc(Cl)ccc12. The molecule has 1 saturated heterocycles. The number of halogens is 1. The number of carbonyl (C=O) groups is 1. The lowest BCUT2D eigenvalue weighted by Crippen LogP contribution is -2.38. The van der Waals surface area contributed by atoms with Gasteiger partial charge in [-0.15, -0.1) is 0 Å². The Hall–Kier alpha value is -1.52. The maximum absolute atomic E-state index is 12.6. The Morgan fingerprint density at radius 2 is 2.36 bits per heavy atom. The van der Waals surface area contributed by atoms with Crippen LogP contribution in [0.2, 0.25) is 5.02 Å². The molecule has 0 bridgehead atoms. The van der Waals surface area contributed by atoms with Gasteiger partial charge >= 0.3 is 0 Å². The molecule has 4 nitrogen and oxygen atoms in total. The number of nitrogens with one attached hydrogen (secondary N) is 1. The number of aromatic nitrogens is 1. The van der Waals surface area contributed by atoms with Crippen molar-refractivity contribution >= 4 is 28.4 Å². The molecule has 1 amide bonds. The quantitative estimate of drug-likeness (QED) is 0.909. The highest BCUT2D eigenvalue weighted by Gasteiger charge is 2.29. The maximum atomic E-state index is 12.6. The number of hydrogen-bond donors (Lipinski definition) is 2. The molecular weight excluding hydrogens is 300 g/mol. The number of rotatable bonds is 4. The van der Waals surface area contributed by atoms with Crippen LogP contribution in [0.3, 0.4) is 0 Å². The van der Waals surface area contributed by atoms with Gasteiger partial charge in [-0.05, 0) is 43.9 Å². The van der Waals surface area contributed by atoms with Crippen molar-refractivity contribution in [3.63, 3.8) is 0 Å². The molecule has 3 rings (SSSR count). The second-order valence-corrected chi connectivity index (χ2v) is 6.58. The Labute approximate surface area is 135 Å². The second-order valence-electron chi connectivity index (χ2n) is 6.15. The third-order valence-electron chi connectivity index (χ3n) is 4.38. The molecule has 1 fully saturated rings. The molecule has 0 radical (unpaired) electrons. The fourth-order valence-electron chi connectivity index (χ4n) is 3.37. The summed E-state index contributed by atoms with van der Waals surface area (Å²) in [6.45, 7) is 2.58. The van der Waals surface area contributed by atoms with Crippen LogP contribution in [0.5, 0.6) is 0 Å². The number of nitrogens with zero attached hydrogens (tertiary/aromatic N) is 1. The number of fused-ring (bicyclic) bond motifs is 1. The molecule has 0 saturated carbocycles. The van der Waals surface area contributed by atoms with Crippen LogP contribution in [0.1, 0.15) is 31.7 Å². The first-order valence-corrected chi connectivity index (χ1v) is 8.15. The van der Waals surface area contributed by atoms with Crippen LogP contribution in [-0.2, 0) is 11.2 Å². The Kier molecular flexibility index (Phi) is 4.41. The number of aliphatic hydroxyl groups is 1. The van der Waals surface area contributed by atoms with Gasteiger partial charge < -0.3 is 15.0 Å². The van der Waals surface area contributed by atoms with Crippen molar-refractivity contribution in [1.29, 1.82) is 0 Å². The smallest absolute Gasteiger partial charge is 0.227 e. The third kappa shape index (κ3) is 3.13. The normalized spacial score (nSPS) is 19.8. The molecule has 1 aliphatic rings. The summed E-state index contributed by atoms with van der Waals surface area (Å²) < 4.78 is 0. The van der Waals surface area contributed by atoms with E-state index in [4.69, 9.17) is 11.6 Å². The molecule has 2 atom stereocenters. The number of amides is 1. The Morgan fingerprint density at radius 1 is 1.55 bits per heavy atom. The van der Waals surface area contributed by atoms with Gasteiger partial charge in [0.25, 0.3) is 0 Å². The topological polar surface area (TPSA) is 56.3 Å². The number of aromatic amines is 1. The van der Waals surface area contributed by atoms with Gasteiger partial charge in [0.15, 0.2) is 0 Å². The highest BCUT2D eigenvalue weighted by molar-refractivity contribution is 6.31. The Morgan fingerprint density at radius 3 is 3.14 bits per heavy atom. The molecule has 2 heterocycles. The van der Waals surface area contributed by atoms with Gasteiger partial charge in [0.05, 0.1) is 12.5 Å². The second kappa shape index (κ2) is 6.31. The van der Waals surface area contributed by atoms with Gasteiger partial charge in [0.2, 0.25) is 5.91 Å². The lowest BCUT2D eigenvalue weighted by molar-refractivity contribution is -0.131. The van der Waals surface area contributed by atoms with Gasteiger partial charge in [-0.2, -0.15) is 0 Å². The molecule has 1 aromatic carbocycles. The van der Waals surface area contributed by atoms with E-state index in [1.54, 1.807) is 6.92 Å². The molecule has 2 unspecified atom stereocenters. The minimum Gasteiger partial charge on any atom is -0.393 e. The van der Waals surface area contributed by atoms with Gasteiger partial charge in [-0.1, -0.05) is 17.7 Å². The van der Waals surface area contributed by atoms with Gasteiger partial charge in [0.1, 0.15) is 0 Å². The van der Waals surface area contributed by atoms with E-state index in [9.17, 15) is 9.90 Å². The average molecular weight is 321 g/mol. The van der Waals surface area contributed by atoms with Crippen LogP contribution in [-0.4, -0.2) is 39.6 Å². The van der Waals surface area contributed by atoms with Gasteiger partial charge in [-0.25, -0.2) is 0 Å². The predicted octanol–water partition coefficient (Wildman–Crippen LogP) is 3.13. The fraction of sp³-hybridized carbons (Fsp3) is 0.471. The van der Waals surface area contributed by atoms with Crippen LogP contribution >= 0.6 is 11.6 Å². The zero-order valence-electron chi connectivity index (χ0n) is 12.7. The third-order valence-corrected chi connectivity index (χ3v) is 4.62. The van der Waals surface area contributed by atoms with E-state index < -0.39 is 0 Å². The van der Waals surface area contributed by atoms with Crippen molar-refractivity contribution < 1.29 is 9.90 Å². The van der Waals surface area contributed by atoms with Crippen LogP contribution in [0.25, 0.3) is 10.9 Å². The standard InChI is InChI=1S/C17H21ClN2O2/c1-11(21)7-14-3-2-6-20(14)17(22)8-12-10-19-16-9-13(18)4-5-15(12)16/h4-5,9-11,14,19,21H,2-3,6-8H2,1H3. The first-order valence-electron chi connectivity index (χ1n) is 7.77. The summed E-state index contributed by atoms with van der Waals surface area (Å²) in [5.74, 6) is 0.138. The summed E-state index contributed by atoms with van der Waals surface area (Å²) >= 11 is 5.99. The number of carbonyl (C=O) groups excluding carboxylic acids is 1. The zero-order chi connectivity index (χ0) is 15.7. The molecule has 2 aromatic rings. The fourth-order valence-corrected chi connectivity index (χ4v) is 3.54. The average Bonchev–Trinajstić information content (AvgIpc) is 3.05. The van der Waals surface area contributed by atoms with E-state index in [2.05, 4.69) is 4.98 Å². The van der Waals surface area contributed by atoms with Crippen molar-refractivity contribution in [2.75, 3.05) is 6.54 Å². The van der Waals surface area contributed by atoms with Crippen LogP contribution < -0.4 is 0 Å². The molecule has 1 aromatic heterocycles. The van der Waals surface area contributed by atoms with E-state index in [-0.39, 0.29) is 18.1 Å². The van der Waals surface area contributed by atoms with Crippen LogP contribution in [0.15, 0.2) is 24.4 Å². The minimum absolute atomic E-state index is 0.138. The lowest BCUT2D eigenvalue weighted by atomic mass is 10.1. The number of likely N-dealkylation sites (tertiary alicyclic amines) is 1. The minimum atomic E-state index is -0.367. The summed E-state index contributed by atoms with van der Waals surface area (Å²) in [4.78, 5) is 17.7. The van der Waals surface area contributed by atoms with E-state index in [0.717, 1.165) is 35.9 Å². The van der Waals surface area contributed by atoms with Crippen molar-refractivity contribution in [2.24, 2.45) is 0 Å². The monoisotopic (exact) mass is 320 g/mol. The zero-order valence-corrected chi connectivity index (χ0v) is 13.4. The molecule has 5 heteroatoms. The molecule has 1 aliphatic heterocycles. The molecule has 118 valence electrons. The van der Waals surface area contributed by atoms with Crippen LogP contribution in [0.4, 0.5) is 0 Å². The lowest BCUT2D eigenvalue weighted by Gasteiger charge is -2.25. The summed E-state index contributed by atoms with van der Waals surface area (Å²) in [6, 6.07) is 5.84. The molecular formula is C17H21ClN2O2. The first kappa shape index (κ1) is 15.4. The largest absolute Gasteiger partial charge is 0.393 e. The summed E-state index contributed by atoms with van der Waals surface area (Å²) in [5.41, 5.74) is 1.96. The molecule has 2 N–H and O–H groups in total. The molecule has 0 spiro atoms. The van der Waals surface area contributed by atoms with Crippen molar-refractivity contribution in [3.8, 4) is 0 Å². The van der Waals surface area contributed by atoms with Crippen molar-refractivity contribution in [3.05, 3.63) is 35.0 Å². The Balaban J connectivity index is 1.75.